The molecule has 1 N–H and O–H groups in total. The lowest BCUT2D eigenvalue weighted by Crippen LogP contribution is -1.99. The van der Waals surface area contributed by atoms with Gasteiger partial charge in [0.25, 0.3) is 0 Å². The molecule has 82 valence electrons. The molecule has 0 amide bonds. The number of aromatic nitrogens is 1. The SMILES string of the molecule is Clc1ccc(NCc2cccc(Br)c2)cn1. The predicted octanol–water partition coefficient (Wildman–Crippen LogP) is 4.11. The molecular weight excluding hydrogens is 288 g/mol. The summed E-state index contributed by atoms with van der Waals surface area (Å²) in [5.41, 5.74) is 2.17. The van der Waals surface area contributed by atoms with Crippen LogP contribution in [-0.4, -0.2) is 4.98 Å². The molecule has 0 aliphatic heterocycles. The molecule has 1 aromatic heterocycles. The van der Waals surface area contributed by atoms with Gasteiger partial charge >= 0.3 is 0 Å². The topological polar surface area (TPSA) is 24.9 Å². The number of halogens is 2. The van der Waals surface area contributed by atoms with Gasteiger partial charge in [-0.1, -0.05) is 39.7 Å². The summed E-state index contributed by atoms with van der Waals surface area (Å²) in [6, 6.07) is 11.9. The molecule has 1 aromatic carbocycles. The molecule has 0 radical (unpaired) electrons. The minimum absolute atomic E-state index is 0.507. The summed E-state index contributed by atoms with van der Waals surface area (Å²) in [5.74, 6) is 0. The normalized spacial score (nSPS) is 10.1. The lowest BCUT2D eigenvalue weighted by atomic mass is 10.2. The second-order valence-electron chi connectivity index (χ2n) is 3.35. The second kappa shape index (κ2) is 5.32. The first kappa shape index (κ1) is 11.4. The molecule has 0 aliphatic rings. The van der Waals surface area contributed by atoms with Crippen LogP contribution in [0.5, 0.6) is 0 Å². The Morgan fingerprint density at radius 2 is 2.12 bits per heavy atom. The van der Waals surface area contributed by atoms with Crippen molar-refractivity contribution in [3.8, 4) is 0 Å². The Hall–Kier alpha value is -1.06. The number of hydrogen-bond donors (Lipinski definition) is 1. The molecule has 2 nitrogen and oxygen atoms in total. The second-order valence-corrected chi connectivity index (χ2v) is 4.66. The monoisotopic (exact) mass is 296 g/mol. The Labute approximate surface area is 108 Å². The van der Waals surface area contributed by atoms with E-state index < -0.39 is 0 Å². The molecule has 0 aliphatic carbocycles. The molecule has 0 bridgehead atoms. The molecule has 1 heterocycles. The summed E-state index contributed by atoms with van der Waals surface area (Å²) < 4.78 is 1.08. The van der Waals surface area contributed by atoms with Crippen LogP contribution in [0.1, 0.15) is 5.56 Å². The average Bonchev–Trinajstić information content (AvgIpc) is 2.28. The van der Waals surface area contributed by atoms with Gasteiger partial charge in [-0.05, 0) is 29.8 Å². The van der Waals surface area contributed by atoms with Gasteiger partial charge in [-0.25, -0.2) is 4.98 Å². The highest BCUT2D eigenvalue weighted by Crippen LogP contribution is 2.14. The van der Waals surface area contributed by atoms with Crippen LogP contribution in [0.3, 0.4) is 0 Å². The maximum atomic E-state index is 5.70. The maximum Gasteiger partial charge on any atom is 0.129 e. The van der Waals surface area contributed by atoms with Crippen molar-refractivity contribution in [2.24, 2.45) is 0 Å². The minimum Gasteiger partial charge on any atom is -0.380 e. The van der Waals surface area contributed by atoms with E-state index in [9.17, 15) is 0 Å². The average molecular weight is 298 g/mol. The number of anilines is 1. The van der Waals surface area contributed by atoms with Crippen molar-refractivity contribution in [1.82, 2.24) is 4.98 Å². The molecular formula is C12H10BrClN2. The van der Waals surface area contributed by atoms with Gasteiger partial charge in [0.2, 0.25) is 0 Å². The van der Waals surface area contributed by atoms with E-state index in [0.29, 0.717) is 5.15 Å². The number of nitrogens with one attached hydrogen (secondary N) is 1. The lowest BCUT2D eigenvalue weighted by Gasteiger charge is -2.06. The summed E-state index contributed by atoms with van der Waals surface area (Å²) in [7, 11) is 0. The minimum atomic E-state index is 0.507. The molecule has 0 fully saturated rings. The van der Waals surface area contributed by atoms with Crippen molar-refractivity contribution in [3.63, 3.8) is 0 Å². The quantitative estimate of drug-likeness (QED) is 0.862. The molecule has 4 heteroatoms. The van der Waals surface area contributed by atoms with E-state index in [4.69, 9.17) is 11.6 Å². The summed E-state index contributed by atoms with van der Waals surface area (Å²) >= 11 is 9.14. The fourth-order valence-corrected chi connectivity index (χ4v) is 1.89. The predicted molar refractivity (Wildman–Crippen MR) is 70.7 cm³/mol. The zero-order chi connectivity index (χ0) is 11.4. The van der Waals surface area contributed by atoms with E-state index in [0.717, 1.165) is 16.7 Å². The summed E-state index contributed by atoms with van der Waals surface area (Å²) in [6.07, 6.45) is 1.72. The Kier molecular flexibility index (Phi) is 3.80. The van der Waals surface area contributed by atoms with Gasteiger partial charge in [0.05, 0.1) is 11.9 Å². The highest BCUT2D eigenvalue weighted by Gasteiger charge is 1.95. The molecule has 0 saturated carbocycles. The number of benzene rings is 1. The molecule has 0 atom stereocenters. The third-order valence-corrected chi connectivity index (χ3v) is 2.83. The van der Waals surface area contributed by atoms with E-state index in [1.165, 1.54) is 5.56 Å². The fourth-order valence-electron chi connectivity index (χ4n) is 1.33. The zero-order valence-electron chi connectivity index (χ0n) is 8.45. The van der Waals surface area contributed by atoms with Gasteiger partial charge in [0.1, 0.15) is 5.15 Å². The van der Waals surface area contributed by atoms with E-state index in [2.05, 4.69) is 38.4 Å². The van der Waals surface area contributed by atoms with Gasteiger partial charge in [-0.3, -0.25) is 0 Å². The summed E-state index contributed by atoms with van der Waals surface area (Å²) in [4.78, 5) is 4.00. The van der Waals surface area contributed by atoms with E-state index in [1.54, 1.807) is 12.3 Å². The van der Waals surface area contributed by atoms with Gasteiger partial charge in [-0.2, -0.15) is 0 Å². The number of hydrogen-bond acceptors (Lipinski definition) is 2. The first-order valence-corrected chi connectivity index (χ1v) is 6.01. The van der Waals surface area contributed by atoms with Crippen LogP contribution in [0.2, 0.25) is 5.15 Å². The maximum absolute atomic E-state index is 5.70. The first-order valence-electron chi connectivity index (χ1n) is 4.84. The van der Waals surface area contributed by atoms with Crippen molar-refractivity contribution in [2.45, 2.75) is 6.54 Å². The van der Waals surface area contributed by atoms with Crippen molar-refractivity contribution >= 4 is 33.2 Å². The smallest absolute Gasteiger partial charge is 0.129 e. The van der Waals surface area contributed by atoms with Crippen LogP contribution >= 0.6 is 27.5 Å². The Balaban J connectivity index is 1.99. The van der Waals surface area contributed by atoms with Crippen LogP contribution < -0.4 is 5.32 Å². The highest BCUT2D eigenvalue weighted by atomic mass is 79.9. The van der Waals surface area contributed by atoms with Crippen molar-refractivity contribution in [3.05, 3.63) is 57.8 Å². The molecule has 0 unspecified atom stereocenters. The molecule has 2 aromatic rings. The fraction of sp³-hybridized carbons (Fsp3) is 0.0833. The number of pyridine rings is 1. The number of rotatable bonds is 3. The zero-order valence-corrected chi connectivity index (χ0v) is 10.8. The first-order chi connectivity index (χ1) is 7.74. The highest BCUT2D eigenvalue weighted by molar-refractivity contribution is 9.10. The van der Waals surface area contributed by atoms with E-state index >= 15 is 0 Å². The third-order valence-electron chi connectivity index (χ3n) is 2.11. The Morgan fingerprint density at radius 3 is 2.81 bits per heavy atom. The van der Waals surface area contributed by atoms with Crippen molar-refractivity contribution < 1.29 is 0 Å². The van der Waals surface area contributed by atoms with Gasteiger partial charge in [-0.15, -0.1) is 0 Å². The van der Waals surface area contributed by atoms with Crippen molar-refractivity contribution in [2.75, 3.05) is 5.32 Å². The van der Waals surface area contributed by atoms with Crippen LogP contribution in [0.15, 0.2) is 47.1 Å². The van der Waals surface area contributed by atoms with Crippen molar-refractivity contribution in [1.29, 1.82) is 0 Å². The van der Waals surface area contributed by atoms with Crippen LogP contribution in [-0.2, 0) is 6.54 Å². The summed E-state index contributed by atoms with van der Waals surface area (Å²) in [6.45, 7) is 0.767. The van der Waals surface area contributed by atoms with Crippen LogP contribution in [0.4, 0.5) is 5.69 Å². The van der Waals surface area contributed by atoms with E-state index in [-0.39, 0.29) is 0 Å². The van der Waals surface area contributed by atoms with Crippen LogP contribution in [0, 0.1) is 0 Å². The van der Waals surface area contributed by atoms with Gasteiger partial charge < -0.3 is 5.32 Å². The molecule has 0 spiro atoms. The lowest BCUT2D eigenvalue weighted by molar-refractivity contribution is 1.13. The molecule has 2 rings (SSSR count). The number of nitrogens with zero attached hydrogens (tertiary/aromatic N) is 1. The molecule has 16 heavy (non-hydrogen) atoms. The largest absolute Gasteiger partial charge is 0.380 e. The third kappa shape index (κ3) is 3.22. The van der Waals surface area contributed by atoms with Crippen LogP contribution in [0.25, 0.3) is 0 Å². The Morgan fingerprint density at radius 1 is 1.25 bits per heavy atom. The van der Waals surface area contributed by atoms with Gasteiger partial charge in [0, 0.05) is 11.0 Å². The molecule has 0 saturated heterocycles. The Bertz CT molecular complexity index is 471. The standard InChI is InChI=1S/C12H10BrClN2/c13-10-3-1-2-9(6-10)7-15-11-4-5-12(14)16-8-11/h1-6,8,15H,7H2. The van der Waals surface area contributed by atoms with E-state index in [1.807, 2.05) is 18.2 Å². The summed E-state index contributed by atoms with van der Waals surface area (Å²) in [5, 5.41) is 3.78. The van der Waals surface area contributed by atoms with Gasteiger partial charge in [0.15, 0.2) is 0 Å².